The summed E-state index contributed by atoms with van der Waals surface area (Å²) in [7, 11) is 0. The van der Waals surface area contributed by atoms with E-state index in [1.165, 1.54) is 20.8 Å². The molecule has 0 bridgehead atoms. The third kappa shape index (κ3) is 21.8. The van der Waals surface area contributed by atoms with E-state index >= 15 is 0 Å². The molecule has 0 spiro atoms. The number of carbonyl (C=O) groups excluding carboxylic acids is 8. The number of hydrogen-bond acceptors (Lipinski definition) is 15. The van der Waals surface area contributed by atoms with Gasteiger partial charge in [0.15, 0.2) is 0 Å². The van der Waals surface area contributed by atoms with Crippen LogP contribution in [-0.4, -0.2) is 164 Å². The number of nitrogens with two attached hydrogens (primary N) is 2. The van der Waals surface area contributed by atoms with Crippen LogP contribution < -0.4 is 54.0 Å². The minimum Gasteiger partial charge on any atom is -0.481 e. The molecule has 26 nitrogen and oxygen atoms in total. The van der Waals surface area contributed by atoms with E-state index in [0.717, 1.165) is 0 Å². The highest BCUT2D eigenvalue weighted by molar-refractivity contribution is 5.98. The number of carboxylic acid groups (broad SMARTS) is 3. The van der Waals surface area contributed by atoms with E-state index in [9.17, 15) is 73.2 Å². The normalized spacial score (nSPS) is 16.1. The van der Waals surface area contributed by atoms with Crippen LogP contribution in [0.4, 0.5) is 0 Å². The van der Waals surface area contributed by atoms with E-state index in [1.807, 2.05) is 5.32 Å². The van der Waals surface area contributed by atoms with Crippen molar-refractivity contribution in [2.24, 2.45) is 23.3 Å². The second-order valence-corrected chi connectivity index (χ2v) is 16.3. The highest BCUT2D eigenvalue weighted by Gasteiger charge is 2.36. The Hall–Kier alpha value is -5.99. The number of aliphatic hydroxyl groups is 2. The Bertz CT molecular complexity index is 1700. The summed E-state index contributed by atoms with van der Waals surface area (Å²) in [6, 6.07) is -13.1. The average Bonchev–Trinajstić information content (AvgIpc) is 3.23. The van der Waals surface area contributed by atoms with E-state index in [1.54, 1.807) is 27.7 Å². The predicted molar refractivity (Wildman–Crippen MR) is 232 cm³/mol. The molecule has 0 unspecified atom stereocenters. The molecule has 0 rings (SSSR count). The van der Waals surface area contributed by atoms with Crippen molar-refractivity contribution >= 4 is 65.2 Å². The number of hydrogen-bond donors (Lipinski definition) is 15. The number of nitrogens with one attached hydrogen (secondary N) is 8. The van der Waals surface area contributed by atoms with Gasteiger partial charge in [-0.05, 0) is 71.3 Å². The molecule has 0 aromatic heterocycles. The zero-order valence-corrected chi connectivity index (χ0v) is 38.4. The first kappa shape index (κ1) is 60.0. The van der Waals surface area contributed by atoms with Crippen LogP contribution >= 0.6 is 0 Å². The fourth-order valence-corrected chi connectivity index (χ4v) is 5.91. The van der Waals surface area contributed by atoms with Crippen molar-refractivity contribution in [1.82, 2.24) is 42.5 Å². The quantitative estimate of drug-likeness (QED) is 0.0282. The molecular weight excluding hydrogens is 876 g/mol. The van der Waals surface area contributed by atoms with Crippen LogP contribution in [0.3, 0.4) is 0 Å². The van der Waals surface area contributed by atoms with E-state index in [0.29, 0.717) is 6.42 Å². The fourth-order valence-electron chi connectivity index (χ4n) is 5.91. The minimum atomic E-state index is -1.77. The molecule has 0 aromatic carbocycles. The molecule has 0 aliphatic rings. The Labute approximate surface area is 382 Å². The summed E-state index contributed by atoms with van der Waals surface area (Å²) in [5.41, 5.74) is 11.1. The van der Waals surface area contributed by atoms with Gasteiger partial charge in [0, 0.05) is 12.8 Å². The van der Waals surface area contributed by atoms with Crippen molar-refractivity contribution in [3.05, 3.63) is 0 Å². The predicted octanol–water partition coefficient (Wildman–Crippen LogP) is -4.75. The molecule has 17 N–H and O–H groups in total. The lowest BCUT2D eigenvalue weighted by atomic mass is 9.95. The molecule has 0 aliphatic heterocycles. The minimum absolute atomic E-state index is 0.119. The summed E-state index contributed by atoms with van der Waals surface area (Å²) < 4.78 is 0. The number of carboxylic acids is 3. The second-order valence-electron chi connectivity index (χ2n) is 16.3. The zero-order chi connectivity index (χ0) is 51.0. The van der Waals surface area contributed by atoms with Gasteiger partial charge in [-0.1, -0.05) is 34.1 Å². The fraction of sp³-hybridized carbons (Fsp3) is 0.725. The van der Waals surface area contributed by atoms with Gasteiger partial charge in [-0.15, -0.1) is 0 Å². The topological polar surface area (TPSA) is 437 Å². The Balaban J connectivity index is 6.39. The van der Waals surface area contributed by atoms with Gasteiger partial charge in [-0.2, -0.15) is 0 Å². The second kappa shape index (κ2) is 30.3. The Morgan fingerprint density at radius 3 is 1.38 bits per heavy atom. The Morgan fingerprint density at radius 2 is 0.924 bits per heavy atom. The van der Waals surface area contributed by atoms with Crippen LogP contribution in [0.15, 0.2) is 0 Å². The summed E-state index contributed by atoms with van der Waals surface area (Å²) in [6.07, 6.45) is -2.96. The van der Waals surface area contributed by atoms with E-state index in [2.05, 4.69) is 37.2 Å². The maximum atomic E-state index is 13.9. The molecule has 11 atom stereocenters. The lowest BCUT2D eigenvalue weighted by molar-refractivity contribution is -0.144. The number of unbranched alkanes of at least 4 members (excludes halogenated alkanes) is 1. The van der Waals surface area contributed by atoms with E-state index in [-0.39, 0.29) is 25.8 Å². The van der Waals surface area contributed by atoms with Crippen LogP contribution in [0.2, 0.25) is 0 Å². The molecule has 0 aliphatic carbocycles. The van der Waals surface area contributed by atoms with Crippen molar-refractivity contribution in [3.63, 3.8) is 0 Å². The SMILES string of the molecule is CC[C@H](C)[C@H](NC(=O)[C@@H](NC(=O)[C@H](C)NC(=O)[C@@H](NC(=O)[C@H](C)N)[C@@H](C)O)C(C)C)C(=O)N[C@@H](CCC(=O)O)C(=O)N[C@@H](CCCCN)C(=O)N[C@@H](CO)C(=O)N[C@@H](CCC(=O)O)C(=O)O. The first-order valence-electron chi connectivity index (χ1n) is 21.6. The van der Waals surface area contributed by atoms with Crippen LogP contribution in [-0.2, 0) is 52.7 Å². The summed E-state index contributed by atoms with van der Waals surface area (Å²) in [4.78, 5) is 140. The van der Waals surface area contributed by atoms with Crippen molar-refractivity contribution in [2.45, 2.75) is 160 Å². The largest absolute Gasteiger partial charge is 0.481 e. The number of aliphatic hydroxyl groups excluding tert-OH is 2. The molecule has 0 aromatic rings. The number of amides is 8. The lowest BCUT2D eigenvalue weighted by Crippen LogP contribution is -2.62. The molecule has 0 saturated carbocycles. The molecular formula is C40H70N10O16. The molecule has 26 heteroatoms. The van der Waals surface area contributed by atoms with Crippen molar-refractivity contribution in [1.29, 1.82) is 0 Å². The maximum absolute atomic E-state index is 13.9. The summed E-state index contributed by atoms with van der Waals surface area (Å²) in [6.45, 7) is 9.44. The van der Waals surface area contributed by atoms with Gasteiger partial charge >= 0.3 is 17.9 Å². The first-order chi connectivity index (χ1) is 30.7. The summed E-state index contributed by atoms with van der Waals surface area (Å²) in [5.74, 6) is -13.2. The highest BCUT2D eigenvalue weighted by atomic mass is 16.4. The monoisotopic (exact) mass is 946 g/mol. The van der Waals surface area contributed by atoms with Gasteiger partial charge in [0.2, 0.25) is 47.3 Å². The zero-order valence-electron chi connectivity index (χ0n) is 38.4. The maximum Gasteiger partial charge on any atom is 0.326 e. The van der Waals surface area contributed by atoms with Gasteiger partial charge in [0.1, 0.15) is 48.3 Å². The Kier molecular flexibility index (Phi) is 27.5. The van der Waals surface area contributed by atoms with E-state index in [4.69, 9.17) is 16.6 Å². The average molecular weight is 947 g/mol. The molecule has 0 heterocycles. The standard InChI is InChI=1S/C40H70N10O16/c1-8-19(4)30(49-37(62)29(18(2)3)48-33(58)21(6)43-39(64)31(22(7)52)50-32(57)20(5)42)38(63)45-24(12-14-27(53)54)35(60)44-23(11-9-10-16-41)34(59)47-26(17-51)36(61)46-25(40(65)66)13-15-28(55)56/h18-26,29-31,51-52H,8-17,41-42H2,1-7H3,(H,43,64)(H,44,60)(H,45,63)(H,46,61)(H,47,59)(H,48,58)(H,49,62)(H,50,57)(H,53,54)(H,55,56)(H,65,66)/t19-,20-,21-,22+,23-,24-,25-,26-,29-,30-,31-/m0/s1. The van der Waals surface area contributed by atoms with Gasteiger partial charge in [0.25, 0.3) is 0 Å². The molecule has 0 radical (unpaired) electrons. The van der Waals surface area contributed by atoms with Crippen LogP contribution in [0, 0.1) is 11.8 Å². The van der Waals surface area contributed by atoms with Gasteiger partial charge in [0.05, 0.1) is 18.8 Å². The molecule has 0 saturated heterocycles. The van der Waals surface area contributed by atoms with Gasteiger partial charge in [-0.3, -0.25) is 47.9 Å². The third-order valence-electron chi connectivity index (χ3n) is 10.2. The molecule has 376 valence electrons. The molecule has 0 fully saturated rings. The smallest absolute Gasteiger partial charge is 0.326 e. The van der Waals surface area contributed by atoms with E-state index < -0.39 is 170 Å². The van der Waals surface area contributed by atoms with Gasteiger partial charge in [-0.25, -0.2) is 4.79 Å². The highest BCUT2D eigenvalue weighted by Crippen LogP contribution is 2.13. The van der Waals surface area contributed by atoms with Crippen molar-refractivity contribution in [3.8, 4) is 0 Å². The first-order valence-corrected chi connectivity index (χ1v) is 21.6. The molecule has 66 heavy (non-hydrogen) atoms. The van der Waals surface area contributed by atoms with Crippen LogP contribution in [0.1, 0.15) is 99.8 Å². The third-order valence-corrected chi connectivity index (χ3v) is 10.2. The van der Waals surface area contributed by atoms with Crippen LogP contribution in [0.25, 0.3) is 0 Å². The summed E-state index contributed by atoms with van der Waals surface area (Å²) >= 11 is 0. The van der Waals surface area contributed by atoms with Crippen LogP contribution in [0.5, 0.6) is 0 Å². The number of rotatable bonds is 32. The van der Waals surface area contributed by atoms with Crippen molar-refractivity contribution in [2.75, 3.05) is 13.2 Å². The number of carbonyl (C=O) groups is 11. The van der Waals surface area contributed by atoms with Crippen molar-refractivity contribution < 1.29 is 78.3 Å². The molecule has 8 amide bonds. The lowest BCUT2D eigenvalue weighted by Gasteiger charge is -2.30. The number of aliphatic carboxylic acids is 3. The van der Waals surface area contributed by atoms with Gasteiger partial charge < -0.3 is 79.5 Å². The Morgan fingerprint density at radius 1 is 0.500 bits per heavy atom. The summed E-state index contributed by atoms with van der Waals surface area (Å²) in [5, 5.41) is 66.6.